The molecule has 1 aromatic heterocycles. The highest BCUT2D eigenvalue weighted by atomic mass is 16.7. The predicted molar refractivity (Wildman–Crippen MR) is 111 cm³/mol. The van der Waals surface area contributed by atoms with Gasteiger partial charge in [0, 0.05) is 38.6 Å². The number of carbonyl (C=O) groups excluding carboxylic acids is 2. The van der Waals surface area contributed by atoms with Crippen molar-refractivity contribution in [1.82, 2.24) is 10.0 Å². The maximum absolute atomic E-state index is 12.0. The molecule has 1 aromatic rings. The summed E-state index contributed by atoms with van der Waals surface area (Å²) in [6, 6.07) is 2.47. The van der Waals surface area contributed by atoms with Crippen LogP contribution in [0.3, 0.4) is 0 Å². The van der Waals surface area contributed by atoms with Gasteiger partial charge in [-0.2, -0.15) is 0 Å². The van der Waals surface area contributed by atoms with E-state index < -0.39 is 0 Å². The molecule has 3 N–H and O–H groups in total. The van der Waals surface area contributed by atoms with Crippen LogP contribution in [0.5, 0.6) is 11.8 Å². The second-order valence-electron chi connectivity index (χ2n) is 8.12. The van der Waals surface area contributed by atoms with E-state index in [1.54, 1.807) is 7.11 Å². The van der Waals surface area contributed by atoms with E-state index in [2.05, 4.69) is 5.32 Å². The number of hydrogen-bond donors (Lipinski definition) is 3. The highest BCUT2D eigenvalue weighted by molar-refractivity contribution is 5.85. The summed E-state index contributed by atoms with van der Waals surface area (Å²) in [5.41, 5.74) is -0.584. The molecule has 1 heterocycles. The maximum Gasteiger partial charge on any atom is 0.229 e. The average Bonchev–Trinajstić information content (AvgIpc) is 3.02. The smallest absolute Gasteiger partial charge is 0.229 e. The van der Waals surface area contributed by atoms with Crippen molar-refractivity contribution in [2.45, 2.75) is 71.0 Å². The van der Waals surface area contributed by atoms with Crippen molar-refractivity contribution in [2.24, 2.45) is 0 Å². The van der Waals surface area contributed by atoms with Crippen LogP contribution < -0.4 is 10.2 Å². The molecule has 0 saturated carbocycles. The number of nitrogens with one attached hydrogen (secondary N) is 1. The Morgan fingerprint density at radius 2 is 1.73 bits per heavy atom. The summed E-state index contributed by atoms with van der Waals surface area (Å²) in [5.74, 6) is -1.18. The lowest BCUT2D eigenvalue weighted by atomic mass is 9.98. The van der Waals surface area contributed by atoms with Crippen LogP contribution in [0.4, 0.5) is 0 Å². The highest BCUT2D eigenvalue weighted by Gasteiger charge is 2.25. The van der Waals surface area contributed by atoms with E-state index in [-0.39, 0.29) is 54.1 Å². The zero-order valence-electron chi connectivity index (χ0n) is 18.7. The number of amides is 1. The van der Waals surface area contributed by atoms with Crippen LogP contribution in [-0.2, 0) is 19.1 Å². The molecule has 30 heavy (non-hydrogen) atoms. The number of rotatable bonds is 15. The SMILES string of the molecule is CCC(C)(CCNC(=O)CCC(=O)COn1c(O)ccc1O)OCCC(C)(C)OC. The van der Waals surface area contributed by atoms with Gasteiger partial charge < -0.3 is 29.8 Å². The molecule has 1 amide bonds. The maximum atomic E-state index is 12.0. The number of aromatic nitrogens is 1. The molecule has 0 aliphatic carbocycles. The van der Waals surface area contributed by atoms with Crippen LogP contribution in [0.15, 0.2) is 12.1 Å². The van der Waals surface area contributed by atoms with E-state index in [1.807, 2.05) is 27.7 Å². The third-order valence-electron chi connectivity index (χ3n) is 5.21. The summed E-state index contributed by atoms with van der Waals surface area (Å²) >= 11 is 0. The lowest BCUT2D eigenvalue weighted by molar-refractivity contribution is -0.128. The van der Waals surface area contributed by atoms with Gasteiger partial charge in [-0.25, -0.2) is 0 Å². The van der Waals surface area contributed by atoms with E-state index in [0.717, 1.165) is 17.6 Å². The van der Waals surface area contributed by atoms with Crippen molar-refractivity contribution in [1.29, 1.82) is 0 Å². The van der Waals surface area contributed by atoms with Gasteiger partial charge >= 0.3 is 0 Å². The monoisotopic (exact) mass is 428 g/mol. The van der Waals surface area contributed by atoms with Gasteiger partial charge in [-0.1, -0.05) is 6.92 Å². The Morgan fingerprint density at radius 1 is 1.10 bits per heavy atom. The van der Waals surface area contributed by atoms with Gasteiger partial charge in [-0.05, 0) is 40.0 Å². The van der Waals surface area contributed by atoms with Gasteiger partial charge in [0.25, 0.3) is 0 Å². The Bertz CT molecular complexity index is 667. The molecule has 0 aliphatic heterocycles. The second-order valence-corrected chi connectivity index (χ2v) is 8.12. The molecular weight excluding hydrogens is 392 g/mol. The van der Waals surface area contributed by atoms with Crippen molar-refractivity contribution in [3.63, 3.8) is 0 Å². The molecule has 1 atom stereocenters. The molecule has 0 bridgehead atoms. The minimum absolute atomic E-state index is 0.00225. The Labute approximate surface area is 178 Å². The molecular formula is C21H36N2O7. The van der Waals surface area contributed by atoms with E-state index in [0.29, 0.717) is 19.6 Å². The molecule has 0 aliphatic rings. The van der Waals surface area contributed by atoms with Crippen molar-refractivity contribution in [3.8, 4) is 11.8 Å². The van der Waals surface area contributed by atoms with E-state index in [9.17, 15) is 19.8 Å². The Hall–Kier alpha value is -2.26. The number of nitrogens with zero attached hydrogens (tertiary/aromatic N) is 1. The number of carbonyl (C=O) groups is 2. The van der Waals surface area contributed by atoms with Crippen molar-refractivity contribution < 1.29 is 34.1 Å². The summed E-state index contributed by atoms with van der Waals surface area (Å²) < 4.78 is 12.2. The number of aromatic hydroxyl groups is 2. The Kier molecular flexibility index (Phi) is 10.1. The first-order valence-electron chi connectivity index (χ1n) is 10.2. The minimum Gasteiger partial charge on any atom is -0.492 e. The third kappa shape index (κ3) is 9.04. The van der Waals surface area contributed by atoms with Gasteiger partial charge in [-0.15, -0.1) is 4.73 Å². The number of methoxy groups -OCH3 is 1. The average molecular weight is 429 g/mol. The van der Waals surface area contributed by atoms with Crippen LogP contribution in [0, 0.1) is 0 Å². The highest BCUT2D eigenvalue weighted by Crippen LogP contribution is 2.22. The molecule has 0 saturated heterocycles. The lowest BCUT2D eigenvalue weighted by Gasteiger charge is -2.31. The van der Waals surface area contributed by atoms with Crippen LogP contribution in [0.25, 0.3) is 0 Å². The first kappa shape index (κ1) is 25.8. The molecule has 0 spiro atoms. The summed E-state index contributed by atoms with van der Waals surface area (Å²) in [5, 5.41) is 21.7. The Morgan fingerprint density at radius 3 is 2.30 bits per heavy atom. The molecule has 0 aromatic carbocycles. The van der Waals surface area contributed by atoms with Gasteiger partial charge in [0.1, 0.15) is 0 Å². The van der Waals surface area contributed by atoms with Crippen molar-refractivity contribution >= 4 is 11.7 Å². The molecule has 172 valence electrons. The molecule has 1 unspecified atom stereocenters. The topological polar surface area (TPSA) is 119 Å². The van der Waals surface area contributed by atoms with E-state index in [1.165, 1.54) is 12.1 Å². The number of ether oxygens (including phenoxy) is 2. The van der Waals surface area contributed by atoms with E-state index >= 15 is 0 Å². The normalized spacial score (nSPS) is 13.6. The standard InChI is InChI=1S/C21H36N2O7/c1-6-21(4,29-14-12-20(2,3)28-5)11-13-22-17(25)8-7-16(24)15-30-23-18(26)9-10-19(23)27/h9-10,26-27H,6-8,11-15H2,1-5H3,(H,22,25). The Balaban J connectivity index is 2.26. The molecule has 9 nitrogen and oxygen atoms in total. The van der Waals surface area contributed by atoms with Crippen LogP contribution in [-0.4, -0.2) is 64.7 Å². The lowest BCUT2D eigenvalue weighted by Crippen LogP contribution is -2.36. The van der Waals surface area contributed by atoms with Crippen molar-refractivity contribution in [2.75, 3.05) is 26.9 Å². The molecule has 0 radical (unpaired) electrons. The fourth-order valence-electron chi connectivity index (χ4n) is 2.55. The minimum atomic E-state index is -0.358. The first-order valence-corrected chi connectivity index (χ1v) is 10.2. The van der Waals surface area contributed by atoms with E-state index in [4.69, 9.17) is 14.3 Å². The van der Waals surface area contributed by atoms with Gasteiger partial charge in [-0.3, -0.25) is 9.59 Å². The first-order chi connectivity index (χ1) is 14.0. The van der Waals surface area contributed by atoms with Crippen LogP contribution >= 0.6 is 0 Å². The number of ketones is 1. The zero-order valence-corrected chi connectivity index (χ0v) is 18.7. The summed E-state index contributed by atoms with van der Waals surface area (Å²) in [6.07, 6.45) is 2.28. The number of Topliss-reactive ketones (excluding diaryl/α,β-unsaturated/α-hetero) is 1. The summed E-state index contributed by atoms with van der Waals surface area (Å²) in [6.45, 7) is 8.75. The van der Waals surface area contributed by atoms with Gasteiger partial charge in [0.05, 0.1) is 17.8 Å². The predicted octanol–water partition coefficient (Wildman–Crippen LogP) is 2.18. The van der Waals surface area contributed by atoms with Gasteiger partial charge in [0.15, 0.2) is 12.4 Å². The quantitative estimate of drug-likeness (QED) is 0.392. The fraction of sp³-hybridized carbons (Fsp3) is 0.714. The third-order valence-corrected chi connectivity index (χ3v) is 5.21. The second kappa shape index (κ2) is 11.8. The molecule has 1 rings (SSSR count). The zero-order chi connectivity index (χ0) is 22.8. The fourth-order valence-corrected chi connectivity index (χ4v) is 2.55. The van der Waals surface area contributed by atoms with Crippen molar-refractivity contribution in [3.05, 3.63) is 12.1 Å². The molecule has 9 heteroatoms. The summed E-state index contributed by atoms with van der Waals surface area (Å²) in [7, 11) is 1.68. The van der Waals surface area contributed by atoms with Crippen LogP contribution in [0.2, 0.25) is 0 Å². The van der Waals surface area contributed by atoms with Gasteiger partial charge in [0.2, 0.25) is 17.7 Å². The molecule has 0 fully saturated rings. The van der Waals surface area contributed by atoms with Crippen LogP contribution in [0.1, 0.15) is 59.8 Å². The summed E-state index contributed by atoms with van der Waals surface area (Å²) in [4.78, 5) is 28.9. The largest absolute Gasteiger partial charge is 0.492 e. The number of hydrogen-bond acceptors (Lipinski definition) is 7.